The summed E-state index contributed by atoms with van der Waals surface area (Å²) in [6, 6.07) is 0. The molecule has 14 heavy (non-hydrogen) atoms. The quantitative estimate of drug-likeness (QED) is 0.432. The molecule has 1 aliphatic rings. The number of hydrogen-bond donors (Lipinski definition) is 0. The standard InChI is InChI=1S/C14H22/c1-3-8-13(4-2)11-7-12-14-9-5-6-10-14/h2,9,13H,3,5-8,10-12H2,1H3. The SMILES string of the molecule is C#CC(CCC)CCCC1=CCCC1. The fourth-order valence-electron chi connectivity index (χ4n) is 2.20. The molecule has 0 nitrogen and oxygen atoms in total. The Kier molecular flexibility index (Phi) is 5.45. The van der Waals surface area contributed by atoms with Gasteiger partial charge in [-0.05, 0) is 44.9 Å². The fraction of sp³-hybridized carbons (Fsp3) is 0.714. The average molecular weight is 190 g/mol. The minimum atomic E-state index is 0.530. The minimum Gasteiger partial charge on any atom is -0.120 e. The van der Waals surface area contributed by atoms with Gasteiger partial charge in [-0.3, -0.25) is 0 Å². The first-order valence-electron chi connectivity index (χ1n) is 6.00. The van der Waals surface area contributed by atoms with Gasteiger partial charge in [-0.25, -0.2) is 0 Å². The lowest BCUT2D eigenvalue weighted by atomic mass is 9.96. The zero-order valence-corrected chi connectivity index (χ0v) is 9.39. The maximum atomic E-state index is 5.49. The van der Waals surface area contributed by atoms with E-state index in [0.29, 0.717) is 5.92 Å². The van der Waals surface area contributed by atoms with Gasteiger partial charge in [-0.1, -0.05) is 25.0 Å². The lowest BCUT2D eigenvalue weighted by molar-refractivity contribution is 0.529. The van der Waals surface area contributed by atoms with Crippen LogP contribution in [0.4, 0.5) is 0 Å². The van der Waals surface area contributed by atoms with Gasteiger partial charge in [0.25, 0.3) is 0 Å². The van der Waals surface area contributed by atoms with Crippen molar-refractivity contribution in [3.05, 3.63) is 11.6 Å². The van der Waals surface area contributed by atoms with Crippen molar-refractivity contribution in [3.8, 4) is 12.3 Å². The van der Waals surface area contributed by atoms with Gasteiger partial charge in [0.05, 0.1) is 0 Å². The molecule has 0 saturated carbocycles. The van der Waals surface area contributed by atoms with Crippen LogP contribution >= 0.6 is 0 Å². The molecule has 78 valence electrons. The van der Waals surface area contributed by atoms with E-state index in [4.69, 9.17) is 6.42 Å². The van der Waals surface area contributed by atoms with Crippen LogP contribution in [0, 0.1) is 18.3 Å². The van der Waals surface area contributed by atoms with Crippen molar-refractivity contribution in [1.29, 1.82) is 0 Å². The Hall–Kier alpha value is -0.700. The molecule has 0 fully saturated rings. The third-order valence-electron chi connectivity index (χ3n) is 3.06. The molecule has 0 aromatic heterocycles. The van der Waals surface area contributed by atoms with E-state index >= 15 is 0 Å². The van der Waals surface area contributed by atoms with Crippen molar-refractivity contribution in [3.63, 3.8) is 0 Å². The maximum absolute atomic E-state index is 5.49. The van der Waals surface area contributed by atoms with Crippen LogP contribution in [0.3, 0.4) is 0 Å². The second-order valence-electron chi connectivity index (χ2n) is 4.30. The van der Waals surface area contributed by atoms with E-state index in [1.807, 2.05) is 0 Å². The van der Waals surface area contributed by atoms with Crippen LogP contribution in [-0.4, -0.2) is 0 Å². The van der Waals surface area contributed by atoms with E-state index in [9.17, 15) is 0 Å². The third kappa shape index (κ3) is 4.01. The summed E-state index contributed by atoms with van der Waals surface area (Å²) < 4.78 is 0. The Labute approximate surface area is 88.8 Å². The molecule has 0 spiro atoms. The summed E-state index contributed by atoms with van der Waals surface area (Å²) in [7, 11) is 0. The second kappa shape index (κ2) is 6.71. The first kappa shape index (κ1) is 11.4. The molecule has 0 saturated heterocycles. The highest BCUT2D eigenvalue weighted by Crippen LogP contribution is 2.24. The molecule has 1 unspecified atom stereocenters. The molecule has 0 radical (unpaired) electrons. The molecular weight excluding hydrogens is 168 g/mol. The van der Waals surface area contributed by atoms with Gasteiger partial charge in [0, 0.05) is 5.92 Å². The minimum absolute atomic E-state index is 0.530. The molecular formula is C14H22. The number of hydrogen-bond acceptors (Lipinski definition) is 0. The van der Waals surface area contributed by atoms with Crippen molar-refractivity contribution < 1.29 is 0 Å². The molecule has 0 bridgehead atoms. The Morgan fingerprint density at radius 2 is 2.36 bits per heavy atom. The zero-order valence-electron chi connectivity index (χ0n) is 9.39. The molecule has 0 heterocycles. The number of rotatable bonds is 6. The molecule has 0 N–H and O–H groups in total. The van der Waals surface area contributed by atoms with Crippen LogP contribution in [0.15, 0.2) is 11.6 Å². The predicted octanol–water partition coefficient (Wildman–Crippen LogP) is 4.32. The van der Waals surface area contributed by atoms with E-state index in [1.54, 1.807) is 5.57 Å². The zero-order chi connectivity index (χ0) is 10.2. The summed E-state index contributed by atoms with van der Waals surface area (Å²) in [6.45, 7) is 2.21. The van der Waals surface area contributed by atoms with Gasteiger partial charge in [0.15, 0.2) is 0 Å². The normalized spacial score (nSPS) is 17.6. The first-order chi connectivity index (χ1) is 6.86. The molecule has 0 amide bonds. The molecule has 1 aliphatic carbocycles. The molecule has 1 rings (SSSR count). The van der Waals surface area contributed by atoms with Gasteiger partial charge in [0.2, 0.25) is 0 Å². The van der Waals surface area contributed by atoms with E-state index in [-0.39, 0.29) is 0 Å². The van der Waals surface area contributed by atoms with Gasteiger partial charge in [-0.15, -0.1) is 12.3 Å². The van der Waals surface area contributed by atoms with Crippen LogP contribution in [0.5, 0.6) is 0 Å². The van der Waals surface area contributed by atoms with E-state index in [2.05, 4.69) is 18.9 Å². The fourth-order valence-corrected chi connectivity index (χ4v) is 2.20. The van der Waals surface area contributed by atoms with Crippen molar-refractivity contribution in [2.75, 3.05) is 0 Å². The van der Waals surface area contributed by atoms with Crippen LogP contribution in [0.1, 0.15) is 58.3 Å². The monoisotopic (exact) mass is 190 g/mol. The number of terminal acetylenes is 1. The smallest absolute Gasteiger partial charge is 0.0200 e. The predicted molar refractivity (Wildman–Crippen MR) is 63.0 cm³/mol. The molecule has 0 aromatic rings. The van der Waals surface area contributed by atoms with E-state index < -0.39 is 0 Å². The summed E-state index contributed by atoms with van der Waals surface area (Å²) in [5.41, 5.74) is 1.68. The Morgan fingerprint density at radius 1 is 1.50 bits per heavy atom. The summed E-state index contributed by atoms with van der Waals surface area (Å²) in [5, 5.41) is 0. The highest BCUT2D eigenvalue weighted by atomic mass is 14.1. The van der Waals surface area contributed by atoms with Gasteiger partial charge >= 0.3 is 0 Å². The van der Waals surface area contributed by atoms with Crippen molar-refractivity contribution >= 4 is 0 Å². The van der Waals surface area contributed by atoms with Crippen LogP contribution in [0.2, 0.25) is 0 Å². The van der Waals surface area contributed by atoms with Gasteiger partial charge in [0.1, 0.15) is 0 Å². The highest BCUT2D eigenvalue weighted by molar-refractivity contribution is 5.07. The first-order valence-corrected chi connectivity index (χ1v) is 6.00. The Morgan fingerprint density at radius 3 is 2.93 bits per heavy atom. The van der Waals surface area contributed by atoms with Gasteiger partial charge in [-0.2, -0.15) is 0 Å². The summed E-state index contributed by atoms with van der Waals surface area (Å²) >= 11 is 0. The lowest BCUT2D eigenvalue weighted by Gasteiger charge is -2.08. The van der Waals surface area contributed by atoms with Crippen molar-refractivity contribution in [2.24, 2.45) is 5.92 Å². The Balaban J connectivity index is 2.10. The van der Waals surface area contributed by atoms with Crippen LogP contribution in [0.25, 0.3) is 0 Å². The number of allylic oxidation sites excluding steroid dienone is 2. The van der Waals surface area contributed by atoms with Crippen molar-refractivity contribution in [2.45, 2.75) is 58.3 Å². The third-order valence-corrected chi connectivity index (χ3v) is 3.06. The molecule has 0 heteroatoms. The molecule has 0 aromatic carbocycles. The van der Waals surface area contributed by atoms with Crippen molar-refractivity contribution in [1.82, 2.24) is 0 Å². The topological polar surface area (TPSA) is 0 Å². The average Bonchev–Trinajstić information content (AvgIpc) is 2.69. The maximum Gasteiger partial charge on any atom is 0.0200 e. The molecule has 0 aliphatic heterocycles. The lowest BCUT2D eigenvalue weighted by Crippen LogP contribution is -1.96. The van der Waals surface area contributed by atoms with Gasteiger partial charge < -0.3 is 0 Å². The highest BCUT2D eigenvalue weighted by Gasteiger charge is 2.07. The second-order valence-corrected chi connectivity index (χ2v) is 4.30. The van der Waals surface area contributed by atoms with Crippen LogP contribution < -0.4 is 0 Å². The summed E-state index contributed by atoms with van der Waals surface area (Å²) in [6.07, 6.45) is 18.2. The van der Waals surface area contributed by atoms with E-state index in [1.165, 1.54) is 51.4 Å². The summed E-state index contributed by atoms with van der Waals surface area (Å²) in [4.78, 5) is 0. The van der Waals surface area contributed by atoms with E-state index in [0.717, 1.165) is 0 Å². The summed E-state index contributed by atoms with van der Waals surface area (Å²) in [5.74, 6) is 3.44. The van der Waals surface area contributed by atoms with Crippen LogP contribution in [-0.2, 0) is 0 Å². The molecule has 1 atom stereocenters. The Bertz CT molecular complexity index is 217. The largest absolute Gasteiger partial charge is 0.120 e.